The smallest absolute Gasteiger partial charge is 0.186 e. The van der Waals surface area contributed by atoms with Crippen LogP contribution in [0.3, 0.4) is 0 Å². The summed E-state index contributed by atoms with van der Waals surface area (Å²) in [5.74, 6) is 0.0997. The van der Waals surface area contributed by atoms with E-state index in [1.807, 2.05) is 18.2 Å². The van der Waals surface area contributed by atoms with E-state index < -0.39 is 0 Å². The molecule has 4 N–H and O–H groups in total. The summed E-state index contributed by atoms with van der Waals surface area (Å²) in [7, 11) is 0. The molecule has 0 bridgehead atoms. The van der Waals surface area contributed by atoms with Crippen LogP contribution in [-0.2, 0) is 6.54 Å². The van der Waals surface area contributed by atoms with Gasteiger partial charge in [0.25, 0.3) is 0 Å². The normalized spacial score (nSPS) is 9.69. The van der Waals surface area contributed by atoms with Crippen molar-refractivity contribution in [2.45, 2.75) is 6.54 Å². The number of nitrogens with zero attached hydrogens (tertiary/aromatic N) is 1. The van der Waals surface area contributed by atoms with Gasteiger partial charge in [0.05, 0.1) is 6.54 Å². The number of halogens is 2. The van der Waals surface area contributed by atoms with Gasteiger partial charge in [0, 0.05) is 14.5 Å². The molecule has 70 valence electrons. The first-order chi connectivity index (χ1) is 6.11. The van der Waals surface area contributed by atoms with Gasteiger partial charge in [-0.05, 0) is 12.1 Å². The topological polar surface area (TPSA) is 64.4 Å². The minimum Gasteiger partial charge on any atom is -0.370 e. The van der Waals surface area contributed by atoms with Crippen molar-refractivity contribution in [3.63, 3.8) is 0 Å². The van der Waals surface area contributed by atoms with Crippen molar-refractivity contribution < 1.29 is 0 Å². The first kappa shape index (κ1) is 10.5. The monoisotopic (exact) mass is 305 g/mol. The van der Waals surface area contributed by atoms with Crippen LogP contribution >= 0.6 is 31.9 Å². The summed E-state index contributed by atoms with van der Waals surface area (Å²) in [6, 6.07) is 5.83. The standard InChI is InChI=1S/C8H9Br2N3/c9-6-2-1-3-7(10)5(6)4-13-8(11)12/h1-3H,4H2,(H4,11,12,13). The Labute approximate surface area is 93.5 Å². The van der Waals surface area contributed by atoms with E-state index in [1.54, 1.807) is 0 Å². The van der Waals surface area contributed by atoms with Gasteiger partial charge in [0.15, 0.2) is 5.96 Å². The zero-order valence-corrected chi connectivity index (χ0v) is 9.97. The fourth-order valence-electron chi connectivity index (χ4n) is 0.854. The Bertz CT molecular complexity index is 312. The summed E-state index contributed by atoms with van der Waals surface area (Å²) in [6.07, 6.45) is 0. The molecule has 0 heterocycles. The minimum absolute atomic E-state index is 0.0997. The highest BCUT2D eigenvalue weighted by atomic mass is 79.9. The van der Waals surface area contributed by atoms with Gasteiger partial charge >= 0.3 is 0 Å². The molecular weight excluding hydrogens is 298 g/mol. The SMILES string of the molecule is NC(N)=NCc1c(Br)cccc1Br. The van der Waals surface area contributed by atoms with Crippen LogP contribution in [0.2, 0.25) is 0 Å². The first-order valence-corrected chi connectivity index (χ1v) is 5.18. The van der Waals surface area contributed by atoms with E-state index in [0.717, 1.165) is 14.5 Å². The zero-order valence-electron chi connectivity index (χ0n) is 6.80. The molecule has 0 amide bonds. The van der Waals surface area contributed by atoms with Crippen molar-refractivity contribution in [3.8, 4) is 0 Å². The molecule has 0 aliphatic rings. The van der Waals surface area contributed by atoms with Crippen molar-refractivity contribution in [1.29, 1.82) is 0 Å². The molecule has 0 radical (unpaired) electrons. The van der Waals surface area contributed by atoms with Crippen LogP contribution in [-0.4, -0.2) is 5.96 Å². The molecule has 1 rings (SSSR count). The van der Waals surface area contributed by atoms with E-state index in [0.29, 0.717) is 6.54 Å². The lowest BCUT2D eigenvalue weighted by Crippen LogP contribution is -2.22. The van der Waals surface area contributed by atoms with Crippen LogP contribution in [0, 0.1) is 0 Å². The summed E-state index contributed by atoms with van der Waals surface area (Å²) in [5, 5.41) is 0. The summed E-state index contributed by atoms with van der Waals surface area (Å²) in [5.41, 5.74) is 11.5. The van der Waals surface area contributed by atoms with Crippen molar-refractivity contribution >= 4 is 37.8 Å². The maximum Gasteiger partial charge on any atom is 0.186 e. The minimum atomic E-state index is 0.0997. The molecule has 13 heavy (non-hydrogen) atoms. The Balaban J connectivity index is 2.94. The van der Waals surface area contributed by atoms with E-state index in [1.165, 1.54) is 0 Å². The van der Waals surface area contributed by atoms with Crippen molar-refractivity contribution in [2.24, 2.45) is 16.5 Å². The number of nitrogens with two attached hydrogens (primary N) is 2. The zero-order chi connectivity index (χ0) is 9.84. The van der Waals surface area contributed by atoms with Gasteiger partial charge in [0.1, 0.15) is 0 Å². The highest BCUT2D eigenvalue weighted by molar-refractivity contribution is 9.11. The van der Waals surface area contributed by atoms with E-state index in [2.05, 4.69) is 36.9 Å². The van der Waals surface area contributed by atoms with Crippen molar-refractivity contribution in [2.75, 3.05) is 0 Å². The molecule has 0 aliphatic carbocycles. The van der Waals surface area contributed by atoms with Gasteiger partial charge in [0.2, 0.25) is 0 Å². The average molecular weight is 307 g/mol. The Hall–Kier alpha value is -0.550. The molecule has 0 fully saturated rings. The lowest BCUT2D eigenvalue weighted by atomic mass is 10.2. The number of benzene rings is 1. The predicted octanol–water partition coefficient (Wildman–Crippen LogP) is 1.99. The lowest BCUT2D eigenvalue weighted by Gasteiger charge is -2.03. The van der Waals surface area contributed by atoms with Crippen LogP contribution in [0.5, 0.6) is 0 Å². The maximum atomic E-state index is 5.24. The number of hydrogen-bond acceptors (Lipinski definition) is 1. The molecular formula is C8H9Br2N3. The lowest BCUT2D eigenvalue weighted by molar-refractivity contribution is 1.04. The second-order valence-electron chi connectivity index (χ2n) is 2.44. The molecule has 0 aromatic heterocycles. The van der Waals surface area contributed by atoms with Gasteiger partial charge in [-0.25, -0.2) is 4.99 Å². The van der Waals surface area contributed by atoms with E-state index in [-0.39, 0.29) is 5.96 Å². The molecule has 0 saturated heterocycles. The third-order valence-electron chi connectivity index (χ3n) is 1.48. The number of rotatable bonds is 2. The molecule has 3 nitrogen and oxygen atoms in total. The number of hydrogen-bond donors (Lipinski definition) is 2. The predicted molar refractivity (Wildman–Crippen MR) is 61.4 cm³/mol. The van der Waals surface area contributed by atoms with Gasteiger partial charge in [-0.2, -0.15) is 0 Å². The maximum absolute atomic E-state index is 5.24. The van der Waals surface area contributed by atoms with Gasteiger partial charge in [-0.3, -0.25) is 0 Å². The van der Waals surface area contributed by atoms with Gasteiger partial charge < -0.3 is 11.5 Å². The van der Waals surface area contributed by atoms with Crippen molar-refractivity contribution in [1.82, 2.24) is 0 Å². The van der Waals surface area contributed by atoms with Gasteiger partial charge in [-0.15, -0.1) is 0 Å². The summed E-state index contributed by atoms with van der Waals surface area (Å²) >= 11 is 6.83. The first-order valence-electron chi connectivity index (χ1n) is 3.59. The highest BCUT2D eigenvalue weighted by Crippen LogP contribution is 2.25. The quantitative estimate of drug-likeness (QED) is 0.648. The Morgan fingerprint density at radius 1 is 1.23 bits per heavy atom. The molecule has 0 aliphatic heterocycles. The second kappa shape index (κ2) is 4.62. The number of guanidine groups is 1. The Morgan fingerprint density at radius 3 is 2.23 bits per heavy atom. The number of aliphatic imine (C=N–C) groups is 1. The van der Waals surface area contributed by atoms with Gasteiger partial charge in [-0.1, -0.05) is 37.9 Å². The third kappa shape index (κ3) is 3.00. The Kier molecular flexibility index (Phi) is 3.74. The van der Waals surface area contributed by atoms with Crippen LogP contribution in [0.4, 0.5) is 0 Å². The Morgan fingerprint density at radius 2 is 1.77 bits per heavy atom. The fourth-order valence-corrected chi connectivity index (χ4v) is 2.10. The van der Waals surface area contributed by atoms with E-state index in [9.17, 15) is 0 Å². The second-order valence-corrected chi connectivity index (χ2v) is 4.15. The average Bonchev–Trinajstić information content (AvgIpc) is 2.03. The van der Waals surface area contributed by atoms with Crippen LogP contribution in [0.15, 0.2) is 32.1 Å². The molecule has 5 heteroatoms. The highest BCUT2D eigenvalue weighted by Gasteiger charge is 2.02. The summed E-state index contributed by atoms with van der Waals surface area (Å²) < 4.78 is 1.98. The molecule has 0 saturated carbocycles. The molecule has 1 aromatic rings. The van der Waals surface area contributed by atoms with E-state index >= 15 is 0 Å². The third-order valence-corrected chi connectivity index (χ3v) is 2.97. The van der Waals surface area contributed by atoms with Crippen LogP contribution in [0.25, 0.3) is 0 Å². The van der Waals surface area contributed by atoms with E-state index in [4.69, 9.17) is 11.5 Å². The van der Waals surface area contributed by atoms with Crippen molar-refractivity contribution in [3.05, 3.63) is 32.7 Å². The van der Waals surface area contributed by atoms with Crippen LogP contribution < -0.4 is 11.5 Å². The molecule has 0 atom stereocenters. The molecule has 0 spiro atoms. The van der Waals surface area contributed by atoms with Crippen LogP contribution in [0.1, 0.15) is 5.56 Å². The summed E-state index contributed by atoms with van der Waals surface area (Å²) in [6.45, 7) is 0.477. The molecule has 0 unspecified atom stereocenters. The molecule has 1 aromatic carbocycles. The fraction of sp³-hybridized carbons (Fsp3) is 0.125. The summed E-state index contributed by atoms with van der Waals surface area (Å²) in [4.78, 5) is 3.93. The largest absolute Gasteiger partial charge is 0.370 e.